The van der Waals surface area contributed by atoms with Crippen LogP contribution in [-0.2, 0) is 14.4 Å². The third-order valence-electron chi connectivity index (χ3n) is 5.85. The van der Waals surface area contributed by atoms with Crippen LogP contribution in [0.15, 0.2) is 41.6 Å². The van der Waals surface area contributed by atoms with E-state index >= 15 is 0 Å². The Hall–Kier alpha value is -4.33. The fraction of sp³-hybridized carbons (Fsp3) is 0.320. The number of benzene rings is 1. The van der Waals surface area contributed by atoms with Crippen molar-refractivity contribution in [2.24, 2.45) is 5.92 Å². The van der Waals surface area contributed by atoms with Gasteiger partial charge < -0.3 is 20.1 Å². The Balaban J connectivity index is 1.65. The zero-order valence-corrected chi connectivity index (χ0v) is 20.0. The SMILES string of the molecule is C/C(C=O)=C\C=C(/C)NC(=O)C1CC(C#N)N(C(=O)CN(C)C(=O)c2cc3c(F)cc(F)cc3[nH]2)C1. The van der Waals surface area contributed by atoms with Gasteiger partial charge in [0.05, 0.1) is 24.0 Å². The number of amides is 3. The van der Waals surface area contributed by atoms with Crippen LogP contribution in [0, 0.1) is 28.9 Å². The fourth-order valence-electron chi connectivity index (χ4n) is 3.90. The second-order valence-electron chi connectivity index (χ2n) is 8.68. The number of H-pyrrole nitrogens is 1. The number of nitriles is 1. The first-order valence-corrected chi connectivity index (χ1v) is 11.1. The van der Waals surface area contributed by atoms with E-state index in [2.05, 4.69) is 10.3 Å². The lowest BCUT2D eigenvalue weighted by molar-refractivity contribution is -0.132. The van der Waals surface area contributed by atoms with Crippen molar-refractivity contribution in [3.8, 4) is 6.07 Å². The molecule has 0 saturated carbocycles. The van der Waals surface area contributed by atoms with E-state index in [0.29, 0.717) is 23.6 Å². The summed E-state index contributed by atoms with van der Waals surface area (Å²) >= 11 is 0. The topological polar surface area (TPSA) is 126 Å². The van der Waals surface area contributed by atoms with E-state index in [-0.39, 0.29) is 42.0 Å². The van der Waals surface area contributed by atoms with Crippen LogP contribution in [0.2, 0.25) is 0 Å². The third kappa shape index (κ3) is 5.83. The van der Waals surface area contributed by atoms with Crippen molar-refractivity contribution < 1.29 is 28.0 Å². The number of aromatic amines is 1. The number of carbonyl (C=O) groups is 4. The van der Waals surface area contributed by atoms with E-state index in [0.717, 1.165) is 11.0 Å². The number of halogens is 2. The second kappa shape index (κ2) is 10.9. The number of hydrogen-bond donors (Lipinski definition) is 2. The smallest absolute Gasteiger partial charge is 0.270 e. The summed E-state index contributed by atoms with van der Waals surface area (Å²) in [5.41, 5.74) is 1.06. The van der Waals surface area contributed by atoms with Crippen LogP contribution < -0.4 is 5.32 Å². The number of nitrogens with zero attached hydrogens (tertiary/aromatic N) is 3. The Morgan fingerprint density at radius 1 is 1.25 bits per heavy atom. The first kappa shape index (κ1) is 26.3. The summed E-state index contributed by atoms with van der Waals surface area (Å²) in [4.78, 5) is 54.0. The quantitative estimate of drug-likeness (QED) is 0.345. The number of rotatable bonds is 7. The van der Waals surface area contributed by atoms with E-state index in [1.54, 1.807) is 26.0 Å². The van der Waals surface area contributed by atoms with Gasteiger partial charge in [0, 0.05) is 30.7 Å². The normalized spacial score (nSPS) is 18.2. The Morgan fingerprint density at radius 2 is 1.97 bits per heavy atom. The largest absolute Gasteiger partial charge is 0.350 e. The summed E-state index contributed by atoms with van der Waals surface area (Å²) in [6.07, 6.45) is 3.94. The van der Waals surface area contributed by atoms with Crippen molar-refractivity contribution in [1.29, 1.82) is 5.26 Å². The number of aldehydes is 1. The van der Waals surface area contributed by atoms with Gasteiger partial charge in [-0.2, -0.15) is 5.26 Å². The molecule has 0 bridgehead atoms. The summed E-state index contributed by atoms with van der Waals surface area (Å²) in [6.45, 7) is 2.89. The first-order chi connectivity index (χ1) is 17.0. The molecule has 1 aliphatic rings. The van der Waals surface area contributed by atoms with Crippen LogP contribution in [0.5, 0.6) is 0 Å². The highest BCUT2D eigenvalue weighted by Crippen LogP contribution is 2.25. The van der Waals surface area contributed by atoms with Gasteiger partial charge in [-0.1, -0.05) is 6.08 Å². The Morgan fingerprint density at radius 3 is 2.64 bits per heavy atom. The molecule has 1 aromatic carbocycles. The molecule has 9 nitrogen and oxygen atoms in total. The molecule has 3 rings (SSSR count). The van der Waals surface area contributed by atoms with Gasteiger partial charge in [-0.3, -0.25) is 19.2 Å². The summed E-state index contributed by atoms with van der Waals surface area (Å²) in [5, 5.41) is 12.2. The lowest BCUT2D eigenvalue weighted by Crippen LogP contribution is -2.43. The van der Waals surface area contributed by atoms with Crippen LogP contribution in [0.4, 0.5) is 8.78 Å². The number of fused-ring (bicyclic) bond motifs is 1. The fourth-order valence-corrected chi connectivity index (χ4v) is 3.90. The molecule has 0 radical (unpaired) electrons. The minimum Gasteiger partial charge on any atom is -0.350 e. The lowest BCUT2D eigenvalue weighted by atomic mass is 10.1. The summed E-state index contributed by atoms with van der Waals surface area (Å²) in [5.74, 6) is -3.77. The van der Waals surface area contributed by atoms with Crippen LogP contribution in [-0.4, -0.2) is 65.0 Å². The number of likely N-dealkylation sites (tertiary alicyclic amines) is 1. The van der Waals surface area contributed by atoms with E-state index in [9.17, 15) is 33.2 Å². The molecule has 0 spiro atoms. The minimum atomic E-state index is -0.844. The summed E-state index contributed by atoms with van der Waals surface area (Å²) in [6, 6.07) is 4.18. The highest BCUT2D eigenvalue weighted by Gasteiger charge is 2.39. The molecule has 1 fully saturated rings. The number of allylic oxidation sites excluding steroid dienone is 4. The van der Waals surface area contributed by atoms with Crippen molar-refractivity contribution >= 4 is 34.9 Å². The Kier molecular flexibility index (Phi) is 7.99. The highest BCUT2D eigenvalue weighted by molar-refractivity contribution is 5.99. The molecule has 1 aromatic heterocycles. The molecule has 2 N–H and O–H groups in total. The number of aromatic nitrogens is 1. The van der Waals surface area contributed by atoms with Crippen LogP contribution in [0.3, 0.4) is 0 Å². The van der Waals surface area contributed by atoms with E-state index in [4.69, 9.17) is 0 Å². The van der Waals surface area contributed by atoms with Gasteiger partial charge in [-0.15, -0.1) is 0 Å². The molecule has 188 valence electrons. The molecule has 2 aromatic rings. The molecule has 3 amide bonds. The van der Waals surface area contributed by atoms with E-state index < -0.39 is 35.4 Å². The molecule has 36 heavy (non-hydrogen) atoms. The average Bonchev–Trinajstić information content (AvgIpc) is 3.46. The van der Waals surface area contributed by atoms with Gasteiger partial charge in [0.1, 0.15) is 29.7 Å². The first-order valence-electron chi connectivity index (χ1n) is 11.1. The number of likely N-dealkylation sites (N-methyl/N-ethyl adjacent to an activating group) is 1. The van der Waals surface area contributed by atoms with E-state index in [1.165, 1.54) is 18.0 Å². The predicted molar refractivity (Wildman–Crippen MR) is 126 cm³/mol. The predicted octanol–water partition coefficient (Wildman–Crippen LogP) is 2.42. The summed E-state index contributed by atoms with van der Waals surface area (Å²) < 4.78 is 27.4. The molecule has 2 heterocycles. The van der Waals surface area contributed by atoms with Gasteiger partial charge in [0.25, 0.3) is 5.91 Å². The molecular formula is C25H25F2N5O4. The molecule has 1 aliphatic heterocycles. The molecule has 0 aliphatic carbocycles. The van der Waals surface area contributed by atoms with Crippen molar-refractivity contribution in [3.63, 3.8) is 0 Å². The Bertz CT molecular complexity index is 1320. The second-order valence-corrected chi connectivity index (χ2v) is 8.68. The number of carbonyl (C=O) groups excluding carboxylic acids is 4. The zero-order chi connectivity index (χ0) is 26.6. The molecule has 2 atom stereocenters. The van der Waals surface area contributed by atoms with Gasteiger partial charge in [-0.05, 0) is 44.1 Å². The maximum absolute atomic E-state index is 14.0. The van der Waals surface area contributed by atoms with Crippen molar-refractivity contribution in [3.05, 3.63) is 58.9 Å². The highest BCUT2D eigenvalue weighted by atomic mass is 19.1. The number of hydrogen-bond acceptors (Lipinski definition) is 5. The summed E-state index contributed by atoms with van der Waals surface area (Å²) in [7, 11) is 1.37. The van der Waals surface area contributed by atoms with Gasteiger partial charge in [-0.25, -0.2) is 8.78 Å². The minimum absolute atomic E-state index is 0.00170. The van der Waals surface area contributed by atoms with Gasteiger partial charge >= 0.3 is 0 Å². The van der Waals surface area contributed by atoms with Crippen LogP contribution in [0.25, 0.3) is 10.9 Å². The lowest BCUT2D eigenvalue weighted by Gasteiger charge is -2.23. The van der Waals surface area contributed by atoms with E-state index in [1.807, 2.05) is 6.07 Å². The molecule has 1 saturated heterocycles. The maximum atomic E-state index is 14.0. The van der Waals surface area contributed by atoms with Crippen molar-refractivity contribution in [2.75, 3.05) is 20.1 Å². The Labute approximate surface area is 206 Å². The standard InChI is InChI=1S/C25H25F2N5O4/c1-14(13-33)4-5-15(2)29-24(35)16-6-18(10-28)32(11-16)23(34)12-31(3)25(36)22-9-19-20(27)7-17(26)8-21(19)30-22/h4-5,7-9,13,16,18,30H,6,11-12H2,1-3H3,(H,29,35)/b14-4+,15-5+. The number of nitrogens with one attached hydrogen (secondary N) is 2. The van der Waals surface area contributed by atoms with Crippen molar-refractivity contribution in [2.45, 2.75) is 26.3 Å². The maximum Gasteiger partial charge on any atom is 0.270 e. The monoisotopic (exact) mass is 497 g/mol. The average molecular weight is 498 g/mol. The third-order valence-corrected chi connectivity index (χ3v) is 5.85. The molecule has 2 unspecified atom stereocenters. The zero-order valence-electron chi connectivity index (χ0n) is 20.0. The van der Waals surface area contributed by atoms with Gasteiger partial charge in [0.2, 0.25) is 11.8 Å². The molecular weight excluding hydrogens is 472 g/mol. The van der Waals surface area contributed by atoms with Crippen LogP contribution in [0.1, 0.15) is 30.8 Å². The molecule has 11 heteroatoms. The van der Waals surface area contributed by atoms with Gasteiger partial charge in [0.15, 0.2) is 0 Å². The van der Waals surface area contributed by atoms with Crippen molar-refractivity contribution in [1.82, 2.24) is 20.1 Å². The van der Waals surface area contributed by atoms with Crippen LogP contribution >= 0.6 is 0 Å².